The number of hydrogen-bond donors (Lipinski definition) is 1. The molecule has 0 radical (unpaired) electrons. The molecule has 3 rings (SSSR count). The van der Waals surface area contributed by atoms with Crippen molar-refractivity contribution in [2.75, 3.05) is 13.2 Å². The van der Waals surface area contributed by atoms with Gasteiger partial charge in [-0.15, -0.1) is 0 Å². The van der Waals surface area contributed by atoms with Crippen LogP contribution in [0.1, 0.15) is 32.1 Å². The summed E-state index contributed by atoms with van der Waals surface area (Å²) in [5.74, 6) is -0.415. The molecule has 22 heavy (non-hydrogen) atoms. The minimum Gasteiger partial charge on any atom is -0.490 e. The highest BCUT2D eigenvalue weighted by molar-refractivity contribution is 7.93. The van der Waals surface area contributed by atoms with Crippen molar-refractivity contribution in [3.63, 3.8) is 0 Å². The minimum absolute atomic E-state index is 0.0129. The number of aliphatic carboxylic acids is 1. The van der Waals surface area contributed by atoms with Crippen molar-refractivity contribution in [1.29, 1.82) is 0 Å². The molecule has 1 heterocycles. The molecule has 1 N–H and O–H groups in total. The molecule has 0 saturated heterocycles. The van der Waals surface area contributed by atoms with E-state index in [0.717, 1.165) is 6.42 Å². The Hall–Kier alpha value is -1.76. The van der Waals surface area contributed by atoms with E-state index in [1.807, 2.05) is 0 Å². The third-order valence-electron chi connectivity index (χ3n) is 4.34. The predicted molar refractivity (Wildman–Crippen MR) is 78.1 cm³/mol. The Balaban J connectivity index is 2.06. The van der Waals surface area contributed by atoms with E-state index in [-0.39, 0.29) is 17.7 Å². The molecule has 1 saturated carbocycles. The second kappa shape index (κ2) is 5.46. The zero-order valence-electron chi connectivity index (χ0n) is 12.1. The van der Waals surface area contributed by atoms with Gasteiger partial charge < -0.3 is 14.6 Å². The van der Waals surface area contributed by atoms with Crippen LogP contribution in [-0.4, -0.2) is 37.5 Å². The number of rotatable bonds is 3. The highest BCUT2D eigenvalue weighted by atomic mass is 32.2. The SMILES string of the molecule is O=C(O)C1(S(=O)(=O)c2ccc3c(c2)OCCCO3)CCCC1. The fourth-order valence-electron chi connectivity index (χ4n) is 3.08. The summed E-state index contributed by atoms with van der Waals surface area (Å²) in [5.41, 5.74) is 0. The third kappa shape index (κ3) is 2.24. The van der Waals surface area contributed by atoms with E-state index in [1.54, 1.807) is 0 Å². The van der Waals surface area contributed by atoms with Crippen LogP contribution in [0.15, 0.2) is 23.1 Å². The van der Waals surface area contributed by atoms with Crippen molar-refractivity contribution >= 4 is 15.8 Å². The molecule has 120 valence electrons. The van der Waals surface area contributed by atoms with Crippen molar-refractivity contribution in [2.45, 2.75) is 41.7 Å². The summed E-state index contributed by atoms with van der Waals surface area (Å²) in [7, 11) is -3.98. The second-order valence-corrected chi connectivity index (χ2v) is 7.93. The Morgan fingerprint density at radius 1 is 1.05 bits per heavy atom. The third-order valence-corrected chi connectivity index (χ3v) is 6.83. The molecule has 1 aliphatic heterocycles. The van der Waals surface area contributed by atoms with Gasteiger partial charge in [0.05, 0.1) is 18.1 Å². The number of carboxylic acid groups (broad SMARTS) is 1. The number of benzene rings is 1. The van der Waals surface area contributed by atoms with Crippen molar-refractivity contribution in [1.82, 2.24) is 0 Å². The van der Waals surface area contributed by atoms with Gasteiger partial charge in [-0.25, -0.2) is 8.42 Å². The smallest absolute Gasteiger partial charge is 0.325 e. The lowest BCUT2D eigenvalue weighted by atomic mass is 10.1. The average Bonchev–Trinajstić information content (AvgIpc) is 2.88. The first-order valence-corrected chi connectivity index (χ1v) is 8.83. The maximum Gasteiger partial charge on any atom is 0.325 e. The Kier molecular flexibility index (Phi) is 3.76. The van der Waals surface area contributed by atoms with Crippen LogP contribution >= 0.6 is 0 Å². The molecule has 7 heteroatoms. The van der Waals surface area contributed by atoms with Crippen LogP contribution < -0.4 is 9.47 Å². The topological polar surface area (TPSA) is 89.9 Å². The van der Waals surface area contributed by atoms with Crippen molar-refractivity contribution < 1.29 is 27.8 Å². The van der Waals surface area contributed by atoms with Crippen LogP contribution in [-0.2, 0) is 14.6 Å². The number of sulfone groups is 1. The van der Waals surface area contributed by atoms with Crippen LogP contribution in [0, 0.1) is 0 Å². The fourth-order valence-corrected chi connectivity index (χ4v) is 5.10. The summed E-state index contributed by atoms with van der Waals surface area (Å²) in [4.78, 5) is 11.6. The number of carboxylic acids is 1. The molecular weight excluding hydrogens is 308 g/mol. The summed E-state index contributed by atoms with van der Waals surface area (Å²) >= 11 is 0. The summed E-state index contributed by atoms with van der Waals surface area (Å²) < 4.78 is 35.1. The highest BCUT2D eigenvalue weighted by Gasteiger charge is 2.53. The number of fused-ring (bicyclic) bond motifs is 1. The lowest BCUT2D eigenvalue weighted by Gasteiger charge is -2.24. The molecule has 0 bridgehead atoms. The lowest BCUT2D eigenvalue weighted by Crippen LogP contribution is -2.43. The van der Waals surface area contributed by atoms with Gasteiger partial charge in [0.25, 0.3) is 0 Å². The van der Waals surface area contributed by atoms with Gasteiger partial charge in [-0.05, 0) is 25.0 Å². The summed E-state index contributed by atoms with van der Waals surface area (Å²) in [6.45, 7) is 0.957. The lowest BCUT2D eigenvalue weighted by molar-refractivity contribution is -0.139. The molecule has 1 fully saturated rings. The first-order valence-electron chi connectivity index (χ1n) is 7.35. The maximum absolute atomic E-state index is 12.9. The first-order chi connectivity index (χ1) is 10.5. The van der Waals surface area contributed by atoms with Gasteiger partial charge >= 0.3 is 5.97 Å². The molecule has 0 unspecified atom stereocenters. The van der Waals surface area contributed by atoms with E-state index in [0.29, 0.717) is 37.6 Å². The Bertz CT molecular complexity index is 688. The first kappa shape index (κ1) is 15.1. The summed E-state index contributed by atoms with van der Waals surface area (Å²) in [6.07, 6.45) is 2.24. The Labute approximate surface area is 129 Å². The predicted octanol–water partition coefficient (Wildman–Crippen LogP) is 2.02. The average molecular weight is 326 g/mol. The van der Waals surface area contributed by atoms with Gasteiger partial charge in [0, 0.05) is 12.5 Å². The fraction of sp³-hybridized carbons (Fsp3) is 0.533. The van der Waals surface area contributed by atoms with Gasteiger partial charge in [-0.1, -0.05) is 12.8 Å². The van der Waals surface area contributed by atoms with Gasteiger partial charge in [0.2, 0.25) is 0 Å². The standard InChI is InChI=1S/C15H18O6S/c16-14(17)15(6-1-2-7-15)22(18,19)11-4-5-12-13(10-11)21-9-3-8-20-12/h4-5,10H,1-3,6-9H2,(H,16,17). The molecule has 1 aromatic rings. The molecule has 1 aromatic carbocycles. The van der Waals surface area contributed by atoms with Crippen LogP contribution in [0.25, 0.3) is 0 Å². The Morgan fingerprint density at radius 3 is 2.32 bits per heavy atom. The van der Waals surface area contributed by atoms with E-state index < -0.39 is 20.6 Å². The van der Waals surface area contributed by atoms with Crippen molar-refractivity contribution in [3.05, 3.63) is 18.2 Å². The van der Waals surface area contributed by atoms with Crippen LogP contribution in [0.5, 0.6) is 11.5 Å². The molecule has 0 amide bonds. The number of hydrogen-bond acceptors (Lipinski definition) is 5. The molecule has 6 nitrogen and oxygen atoms in total. The van der Waals surface area contributed by atoms with Crippen LogP contribution in [0.4, 0.5) is 0 Å². The van der Waals surface area contributed by atoms with Gasteiger partial charge in [0.15, 0.2) is 26.1 Å². The molecule has 0 atom stereocenters. The molecule has 0 spiro atoms. The zero-order valence-corrected chi connectivity index (χ0v) is 12.9. The molecular formula is C15H18O6S. The van der Waals surface area contributed by atoms with Gasteiger partial charge in [-0.3, -0.25) is 4.79 Å². The zero-order chi connectivity index (χ0) is 15.8. The van der Waals surface area contributed by atoms with E-state index in [1.165, 1.54) is 18.2 Å². The van der Waals surface area contributed by atoms with E-state index in [4.69, 9.17) is 9.47 Å². The molecule has 2 aliphatic rings. The van der Waals surface area contributed by atoms with Crippen LogP contribution in [0.3, 0.4) is 0 Å². The van der Waals surface area contributed by atoms with Crippen molar-refractivity contribution in [2.24, 2.45) is 0 Å². The second-order valence-electron chi connectivity index (χ2n) is 5.67. The highest BCUT2D eigenvalue weighted by Crippen LogP contribution is 2.42. The molecule has 1 aliphatic carbocycles. The summed E-state index contributed by atoms with van der Waals surface area (Å²) in [6, 6.07) is 4.34. The van der Waals surface area contributed by atoms with E-state index >= 15 is 0 Å². The van der Waals surface area contributed by atoms with Crippen molar-refractivity contribution in [3.8, 4) is 11.5 Å². The van der Waals surface area contributed by atoms with E-state index in [9.17, 15) is 18.3 Å². The van der Waals surface area contributed by atoms with Gasteiger partial charge in [-0.2, -0.15) is 0 Å². The van der Waals surface area contributed by atoms with E-state index in [2.05, 4.69) is 0 Å². The van der Waals surface area contributed by atoms with Crippen LogP contribution in [0.2, 0.25) is 0 Å². The number of ether oxygens (including phenoxy) is 2. The number of carbonyl (C=O) groups is 1. The molecule has 0 aromatic heterocycles. The largest absolute Gasteiger partial charge is 0.490 e. The van der Waals surface area contributed by atoms with Gasteiger partial charge in [0.1, 0.15) is 0 Å². The maximum atomic E-state index is 12.9. The monoisotopic (exact) mass is 326 g/mol. The normalized spacial score (nSPS) is 20.4. The summed E-state index contributed by atoms with van der Waals surface area (Å²) in [5, 5.41) is 9.51. The minimum atomic E-state index is -3.98. The quantitative estimate of drug-likeness (QED) is 0.914. The Morgan fingerprint density at radius 2 is 1.68 bits per heavy atom.